The Balaban J connectivity index is 2.28. The highest BCUT2D eigenvalue weighted by Gasteiger charge is 2.28. The molecule has 0 saturated heterocycles. The number of carbonyl (C=O) groups excluding carboxylic acids is 2. The Bertz CT molecular complexity index is 886. The van der Waals surface area contributed by atoms with Crippen LogP contribution in [0.2, 0.25) is 0 Å². The number of hydrogen-bond acceptors (Lipinski definition) is 6. The molecule has 1 aromatic heterocycles. The largest absolute Gasteiger partial charge is 0.424 e. The maximum atomic E-state index is 13.0. The average molecular weight is 418 g/mol. The van der Waals surface area contributed by atoms with Gasteiger partial charge in [-0.2, -0.15) is 0 Å². The van der Waals surface area contributed by atoms with E-state index < -0.39 is 24.4 Å². The van der Waals surface area contributed by atoms with Crippen LogP contribution in [0.1, 0.15) is 38.8 Å². The summed E-state index contributed by atoms with van der Waals surface area (Å²) in [4.78, 5) is 27.4. The average Bonchev–Trinajstić information content (AvgIpc) is 3.02. The van der Waals surface area contributed by atoms with Crippen molar-refractivity contribution >= 4 is 23.0 Å². The normalized spacial score (nSPS) is 13.8. The lowest BCUT2D eigenvalue weighted by molar-refractivity contribution is -0.177. The van der Waals surface area contributed by atoms with Crippen LogP contribution in [0.4, 0.5) is 4.79 Å². The Morgan fingerprint density at radius 1 is 1.10 bits per heavy atom. The van der Waals surface area contributed by atoms with Crippen LogP contribution in [0.5, 0.6) is 0 Å². The third kappa shape index (κ3) is 5.83. The molecule has 0 aliphatic rings. The summed E-state index contributed by atoms with van der Waals surface area (Å²) < 4.78 is 12.5. The number of hydrogen-bond donors (Lipinski definition) is 1. The monoisotopic (exact) mass is 417 g/mol. The number of nitrogens with two attached hydrogens (primary N) is 1. The zero-order valence-corrected chi connectivity index (χ0v) is 19.1. The summed E-state index contributed by atoms with van der Waals surface area (Å²) in [6.45, 7) is 10.2. The van der Waals surface area contributed by atoms with Crippen LogP contribution in [0.15, 0.2) is 24.4 Å². The highest BCUT2D eigenvalue weighted by atomic mass is 16.7. The molecule has 2 aromatic rings. The van der Waals surface area contributed by atoms with Gasteiger partial charge in [0.05, 0.1) is 5.52 Å². The number of benzene rings is 1. The maximum absolute atomic E-state index is 13.0. The summed E-state index contributed by atoms with van der Waals surface area (Å²) in [5, 5.41) is 1.02. The molecule has 2 N–H and O–H groups in total. The number of nitrogens with zero attached hydrogens (tertiary/aromatic N) is 2. The first-order chi connectivity index (χ1) is 14.0. The van der Waals surface area contributed by atoms with E-state index >= 15 is 0 Å². The van der Waals surface area contributed by atoms with Crippen molar-refractivity contribution in [2.24, 2.45) is 17.6 Å². The fourth-order valence-corrected chi connectivity index (χ4v) is 3.02. The predicted octanol–water partition coefficient (Wildman–Crippen LogP) is 3.55. The molecule has 0 radical (unpaired) electrons. The second kappa shape index (κ2) is 10.1. The Kier molecular flexibility index (Phi) is 8.03. The Morgan fingerprint density at radius 2 is 1.77 bits per heavy atom. The van der Waals surface area contributed by atoms with Crippen LogP contribution in [-0.2, 0) is 20.7 Å². The highest BCUT2D eigenvalue weighted by Crippen LogP contribution is 2.24. The molecule has 1 heterocycles. The van der Waals surface area contributed by atoms with Gasteiger partial charge in [-0.1, -0.05) is 39.3 Å². The summed E-state index contributed by atoms with van der Waals surface area (Å²) >= 11 is 0. The molecule has 1 unspecified atom stereocenters. The minimum Gasteiger partial charge on any atom is -0.424 e. The van der Waals surface area contributed by atoms with Gasteiger partial charge in [0.15, 0.2) is 0 Å². The lowest BCUT2D eigenvalue weighted by atomic mass is 10.1. The highest BCUT2D eigenvalue weighted by molar-refractivity contribution is 5.92. The van der Waals surface area contributed by atoms with Crippen molar-refractivity contribution in [2.75, 3.05) is 20.6 Å². The molecule has 2 rings (SSSR count). The van der Waals surface area contributed by atoms with Crippen molar-refractivity contribution in [3.05, 3.63) is 35.5 Å². The van der Waals surface area contributed by atoms with Gasteiger partial charge in [0.2, 0.25) is 0 Å². The van der Waals surface area contributed by atoms with Gasteiger partial charge in [-0.15, -0.1) is 0 Å². The Morgan fingerprint density at radius 3 is 2.33 bits per heavy atom. The Labute approximate surface area is 179 Å². The van der Waals surface area contributed by atoms with Gasteiger partial charge < -0.3 is 20.1 Å². The molecule has 0 aliphatic heterocycles. The number of fused-ring (bicyclic) bond motifs is 1. The van der Waals surface area contributed by atoms with Crippen molar-refractivity contribution in [2.45, 2.75) is 53.4 Å². The van der Waals surface area contributed by atoms with E-state index in [0.717, 1.165) is 35.0 Å². The van der Waals surface area contributed by atoms with Gasteiger partial charge in [0, 0.05) is 24.0 Å². The van der Waals surface area contributed by atoms with E-state index in [-0.39, 0.29) is 11.8 Å². The number of carbonyl (C=O) groups is 2. The first-order valence-electron chi connectivity index (χ1n) is 10.4. The van der Waals surface area contributed by atoms with Gasteiger partial charge in [-0.3, -0.25) is 9.36 Å². The minimum absolute atomic E-state index is 0.0723. The number of esters is 1. The van der Waals surface area contributed by atoms with Gasteiger partial charge >= 0.3 is 12.1 Å². The van der Waals surface area contributed by atoms with E-state index in [2.05, 4.69) is 11.0 Å². The molecule has 1 aromatic carbocycles. The fourth-order valence-electron chi connectivity index (χ4n) is 3.02. The molecule has 0 amide bonds. The van der Waals surface area contributed by atoms with Crippen LogP contribution in [0.25, 0.3) is 10.9 Å². The van der Waals surface area contributed by atoms with Crippen LogP contribution in [0, 0.1) is 18.8 Å². The lowest BCUT2D eigenvalue weighted by Gasteiger charge is -2.24. The van der Waals surface area contributed by atoms with Crippen molar-refractivity contribution in [1.82, 2.24) is 9.47 Å². The third-order valence-corrected chi connectivity index (χ3v) is 5.05. The molecule has 0 spiro atoms. The van der Waals surface area contributed by atoms with Crippen molar-refractivity contribution in [1.29, 1.82) is 0 Å². The first-order valence-corrected chi connectivity index (χ1v) is 10.4. The van der Waals surface area contributed by atoms with Crippen molar-refractivity contribution in [3.8, 4) is 0 Å². The predicted molar refractivity (Wildman–Crippen MR) is 118 cm³/mol. The van der Waals surface area contributed by atoms with E-state index in [1.807, 2.05) is 67.0 Å². The molecule has 0 saturated carbocycles. The lowest BCUT2D eigenvalue weighted by Crippen LogP contribution is -2.41. The van der Waals surface area contributed by atoms with Gasteiger partial charge in [-0.25, -0.2) is 4.79 Å². The minimum atomic E-state index is -1.01. The summed E-state index contributed by atoms with van der Waals surface area (Å²) in [5.41, 5.74) is 8.84. The Hall–Kier alpha value is -2.38. The number of aromatic nitrogens is 1. The smallest absolute Gasteiger partial charge is 0.421 e. The van der Waals surface area contributed by atoms with E-state index in [1.54, 1.807) is 0 Å². The molecule has 0 bridgehead atoms. The molecule has 0 fully saturated rings. The summed E-state index contributed by atoms with van der Waals surface area (Å²) in [6, 6.07) is 5.18. The van der Waals surface area contributed by atoms with Crippen molar-refractivity contribution in [3.63, 3.8) is 0 Å². The SMILES string of the molecule is Cc1ccc2c(c1)c(CCN(C)C)cn2C(=O)OC(OC(=O)[C@@H](N)C(C)C)C(C)C. The van der Waals surface area contributed by atoms with Crippen LogP contribution in [-0.4, -0.2) is 54.5 Å². The van der Waals surface area contributed by atoms with E-state index in [4.69, 9.17) is 15.2 Å². The number of rotatable bonds is 8. The summed E-state index contributed by atoms with van der Waals surface area (Å²) in [7, 11) is 4.03. The number of aryl methyl sites for hydroxylation is 1. The molecule has 30 heavy (non-hydrogen) atoms. The van der Waals surface area contributed by atoms with E-state index in [1.165, 1.54) is 4.57 Å². The number of ether oxygens (including phenoxy) is 2. The molecular formula is C23H35N3O4. The molecule has 2 atom stereocenters. The van der Waals surface area contributed by atoms with Gasteiger partial charge in [-0.05, 0) is 51.1 Å². The molecule has 0 aliphatic carbocycles. The quantitative estimate of drug-likeness (QED) is 0.522. The van der Waals surface area contributed by atoms with Gasteiger partial charge in [0.1, 0.15) is 6.04 Å². The summed E-state index contributed by atoms with van der Waals surface area (Å²) in [6.07, 6.45) is 1.03. The number of likely N-dealkylation sites (N-methyl/N-ethyl adjacent to an activating group) is 1. The topological polar surface area (TPSA) is 86.8 Å². The summed E-state index contributed by atoms with van der Waals surface area (Å²) in [5.74, 6) is -0.859. The van der Waals surface area contributed by atoms with E-state index in [9.17, 15) is 9.59 Å². The fraction of sp³-hybridized carbons (Fsp3) is 0.565. The maximum Gasteiger partial charge on any atom is 0.421 e. The van der Waals surface area contributed by atoms with E-state index in [0.29, 0.717) is 0 Å². The molecular weight excluding hydrogens is 382 g/mol. The van der Waals surface area contributed by atoms with Crippen molar-refractivity contribution < 1.29 is 19.1 Å². The standard InChI is InChI=1S/C23H35N3O4/c1-14(2)20(24)21(27)29-22(15(3)4)30-23(28)26-13-17(10-11-25(6)7)18-12-16(5)8-9-19(18)26/h8-9,12-15,20,22H,10-11,24H2,1-7H3/t20-,22?/m0/s1. The molecule has 7 nitrogen and oxygen atoms in total. The molecule has 166 valence electrons. The van der Waals surface area contributed by atoms with Crippen LogP contribution < -0.4 is 5.73 Å². The zero-order chi connectivity index (χ0) is 22.6. The first kappa shape index (κ1) is 23.9. The molecule has 7 heteroatoms. The van der Waals surface area contributed by atoms with Crippen LogP contribution in [0.3, 0.4) is 0 Å². The van der Waals surface area contributed by atoms with Gasteiger partial charge in [0.25, 0.3) is 6.29 Å². The zero-order valence-electron chi connectivity index (χ0n) is 19.1. The van der Waals surface area contributed by atoms with Crippen LogP contribution >= 0.6 is 0 Å². The second-order valence-corrected chi connectivity index (χ2v) is 8.80. The second-order valence-electron chi connectivity index (χ2n) is 8.80. The third-order valence-electron chi connectivity index (χ3n) is 5.05.